The topological polar surface area (TPSA) is 32.8 Å². The second kappa shape index (κ2) is 9.40. The Bertz CT molecular complexity index is 553. The highest BCUT2D eigenvalue weighted by Crippen LogP contribution is 2.36. The molecule has 2 heterocycles. The molecule has 3 rings (SSSR count). The lowest BCUT2D eigenvalue weighted by molar-refractivity contribution is 0.128. The molecule has 26 heavy (non-hydrogen) atoms. The van der Waals surface area contributed by atoms with E-state index in [1.54, 1.807) is 0 Å². The second-order valence-electron chi connectivity index (χ2n) is 8.21. The Morgan fingerprint density at radius 1 is 1.04 bits per heavy atom. The van der Waals surface area contributed by atoms with Crippen molar-refractivity contribution in [3.05, 3.63) is 35.9 Å². The van der Waals surface area contributed by atoms with E-state index < -0.39 is 0 Å². The first kappa shape index (κ1) is 19.2. The average Bonchev–Trinajstić information content (AvgIpc) is 2.80. The summed E-state index contributed by atoms with van der Waals surface area (Å²) < 4.78 is 5.81. The van der Waals surface area contributed by atoms with E-state index in [0.29, 0.717) is 5.92 Å². The molecule has 2 aliphatic heterocycles. The third kappa shape index (κ3) is 5.00. The van der Waals surface area contributed by atoms with Crippen LogP contribution in [0.2, 0.25) is 0 Å². The number of carbonyl (C=O) groups is 1. The number of carbonyl (C=O) groups excluding carboxylic acids is 1. The maximum Gasteiger partial charge on any atom is 0.410 e. The summed E-state index contributed by atoms with van der Waals surface area (Å²) in [5.74, 6) is 0.536. The van der Waals surface area contributed by atoms with E-state index in [4.69, 9.17) is 4.74 Å². The van der Waals surface area contributed by atoms with Crippen LogP contribution in [0, 0.1) is 5.92 Å². The Labute approximate surface area is 158 Å². The Balaban J connectivity index is 1.61. The molecule has 2 atom stereocenters. The van der Waals surface area contributed by atoms with E-state index in [1.165, 1.54) is 38.8 Å². The monoisotopic (exact) mass is 358 g/mol. The van der Waals surface area contributed by atoms with E-state index in [2.05, 4.69) is 30.9 Å². The summed E-state index contributed by atoms with van der Waals surface area (Å²) in [6, 6.07) is 10.4. The first-order valence-corrected chi connectivity index (χ1v) is 10.4. The van der Waals surface area contributed by atoms with Crippen LogP contribution in [0.25, 0.3) is 0 Å². The smallest absolute Gasteiger partial charge is 0.410 e. The van der Waals surface area contributed by atoms with Crippen LogP contribution >= 0.6 is 0 Å². The van der Waals surface area contributed by atoms with Crippen LogP contribution in [0.15, 0.2) is 30.3 Å². The zero-order valence-corrected chi connectivity index (χ0v) is 16.4. The van der Waals surface area contributed by atoms with Crippen molar-refractivity contribution < 1.29 is 9.53 Å². The third-order valence-corrected chi connectivity index (χ3v) is 5.63. The van der Waals surface area contributed by atoms with Crippen LogP contribution in [0.3, 0.4) is 0 Å². The van der Waals surface area contributed by atoms with Crippen molar-refractivity contribution in [2.24, 2.45) is 5.92 Å². The van der Waals surface area contributed by atoms with Gasteiger partial charge in [0.25, 0.3) is 0 Å². The van der Waals surface area contributed by atoms with Crippen LogP contribution in [-0.2, 0) is 4.74 Å². The minimum atomic E-state index is -0.139. The van der Waals surface area contributed by atoms with E-state index in [0.717, 1.165) is 31.5 Å². The van der Waals surface area contributed by atoms with Crippen molar-refractivity contribution in [2.45, 2.75) is 64.5 Å². The van der Waals surface area contributed by atoms with Crippen molar-refractivity contribution in [2.75, 3.05) is 26.2 Å². The zero-order valence-electron chi connectivity index (χ0n) is 16.4. The zero-order chi connectivity index (χ0) is 18.4. The number of rotatable bonds is 7. The number of hydrogen-bond donors (Lipinski definition) is 0. The van der Waals surface area contributed by atoms with E-state index >= 15 is 0 Å². The van der Waals surface area contributed by atoms with Gasteiger partial charge in [-0.25, -0.2) is 4.79 Å². The fraction of sp³-hybridized carbons (Fsp3) is 0.682. The fourth-order valence-electron chi connectivity index (χ4n) is 4.30. The summed E-state index contributed by atoms with van der Waals surface area (Å²) in [5.41, 5.74) is 1.11. The molecule has 1 amide bonds. The van der Waals surface area contributed by atoms with Crippen molar-refractivity contribution in [3.63, 3.8) is 0 Å². The average molecular weight is 359 g/mol. The van der Waals surface area contributed by atoms with Gasteiger partial charge in [-0.15, -0.1) is 0 Å². The standard InChI is InChI=1S/C22H34N2O2/c1-18(2)17-20-21(19-11-6-5-7-12-19)26-22(25)24(20)16-10-15-23-13-8-3-4-9-14-23/h5-7,11-12,18,20-21H,3-4,8-10,13-17H2,1-2H3/t20-,21-/m0/s1. The molecule has 0 aromatic heterocycles. The largest absolute Gasteiger partial charge is 0.439 e. The molecule has 0 spiro atoms. The number of nitrogens with zero attached hydrogens (tertiary/aromatic N) is 2. The molecule has 144 valence electrons. The fourth-order valence-corrected chi connectivity index (χ4v) is 4.30. The van der Waals surface area contributed by atoms with Crippen LogP contribution in [0.1, 0.15) is 64.0 Å². The minimum Gasteiger partial charge on any atom is -0.439 e. The first-order valence-electron chi connectivity index (χ1n) is 10.4. The van der Waals surface area contributed by atoms with Gasteiger partial charge in [0.05, 0.1) is 6.04 Å². The number of ether oxygens (including phenoxy) is 1. The van der Waals surface area contributed by atoms with Gasteiger partial charge >= 0.3 is 6.09 Å². The SMILES string of the molecule is CC(C)C[C@H]1[C@H](c2ccccc2)OC(=O)N1CCCN1CCCCCC1. The lowest BCUT2D eigenvalue weighted by Gasteiger charge is -2.27. The first-order chi connectivity index (χ1) is 12.6. The van der Waals surface area contributed by atoms with Gasteiger partial charge < -0.3 is 14.5 Å². The van der Waals surface area contributed by atoms with Gasteiger partial charge in [0.1, 0.15) is 6.10 Å². The van der Waals surface area contributed by atoms with Crippen molar-refractivity contribution >= 4 is 6.09 Å². The summed E-state index contributed by atoms with van der Waals surface area (Å²) in [4.78, 5) is 17.1. The highest BCUT2D eigenvalue weighted by molar-refractivity contribution is 5.71. The highest BCUT2D eigenvalue weighted by Gasteiger charge is 2.42. The third-order valence-electron chi connectivity index (χ3n) is 5.63. The quantitative estimate of drug-likeness (QED) is 0.698. The molecule has 4 nitrogen and oxygen atoms in total. The maximum atomic E-state index is 12.6. The number of benzene rings is 1. The summed E-state index contributed by atoms with van der Waals surface area (Å²) >= 11 is 0. The van der Waals surface area contributed by atoms with Crippen LogP contribution in [0.4, 0.5) is 4.79 Å². The predicted molar refractivity (Wildman–Crippen MR) is 105 cm³/mol. The Morgan fingerprint density at radius 3 is 2.38 bits per heavy atom. The summed E-state index contributed by atoms with van der Waals surface area (Å²) in [5, 5.41) is 0. The van der Waals surface area contributed by atoms with Gasteiger partial charge in [0.15, 0.2) is 0 Å². The molecule has 0 radical (unpaired) electrons. The molecule has 2 aliphatic rings. The van der Waals surface area contributed by atoms with Gasteiger partial charge in [-0.05, 0) is 56.8 Å². The normalized spacial score (nSPS) is 24.7. The Hall–Kier alpha value is -1.55. The van der Waals surface area contributed by atoms with E-state index in [-0.39, 0.29) is 18.2 Å². The molecule has 0 bridgehead atoms. The lowest BCUT2D eigenvalue weighted by atomic mass is 9.94. The maximum absolute atomic E-state index is 12.6. The van der Waals surface area contributed by atoms with E-state index in [9.17, 15) is 4.79 Å². The Kier molecular flexibility index (Phi) is 6.95. The summed E-state index contributed by atoms with van der Waals surface area (Å²) in [6.07, 6.45) is 7.11. The Morgan fingerprint density at radius 2 is 1.73 bits per heavy atom. The number of hydrogen-bond acceptors (Lipinski definition) is 3. The summed E-state index contributed by atoms with van der Waals surface area (Å²) in [7, 11) is 0. The molecule has 0 unspecified atom stereocenters. The number of amides is 1. The van der Waals surface area contributed by atoms with Crippen LogP contribution in [0.5, 0.6) is 0 Å². The van der Waals surface area contributed by atoms with Crippen molar-refractivity contribution in [1.82, 2.24) is 9.80 Å². The number of cyclic esters (lactones) is 1. The molecule has 2 fully saturated rings. The molecule has 0 saturated carbocycles. The van der Waals surface area contributed by atoms with Gasteiger partial charge in [-0.3, -0.25) is 0 Å². The predicted octanol–water partition coefficient (Wildman–Crippen LogP) is 4.86. The van der Waals surface area contributed by atoms with Crippen LogP contribution < -0.4 is 0 Å². The molecule has 1 aromatic carbocycles. The second-order valence-corrected chi connectivity index (χ2v) is 8.21. The highest BCUT2D eigenvalue weighted by atomic mass is 16.6. The van der Waals surface area contributed by atoms with Gasteiger partial charge in [-0.2, -0.15) is 0 Å². The molecular weight excluding hydrogens is 324 g/mol. The molecule has 0 N–H and O–H groups in total. The van der Waals surface area contributed by atoms with Crippen molar-refractivity contribution in [3.8, 4) is 0 Å². The molecule has 4 heteroatoms. The molecular formula is C22H34N2O2. The van der Waals surface area contributed by atoms with Gasteiger partial charge in [-0.1, -0.05) is 57.0 Å². The summed E-state index contributed by atoms with van der Waals surface area (Å²) in [6.45, 7) is 8.77. The molecule has 0 aliphatic carbocycles. The molecule has 1 aromatic rings. The number of likely N-dealkylation sites (tertiary alicyclic amines) is 1. The lowest BCUT2D eigenvalue weighted by Crippen LogP contribution is -2.37. The van der Waals surface area contributed by atoms with Gasteiger partial charge in [0.2, 0.25) is 0 Å². The van der Waals surface area contributed by atoms with Crippen LogP contribution in [-0.4, -0.2) is 48.1 Å². The van der Waals surface area contributed by atoms with E-state index in [1.807, 2.05) is 23.1 Å². The van der Waals surface area contributed by atoms with Gasteiger partial charge in [0, 0.05) is 6.54 Å². The van der Waals surface area contributed by atoms with Crippen molar-refractivity contribution in [1.29, 1.82) is 0 Å². The molecule has 2 saturated heterocycles. The minimum absolute atomic E-state index is 0.135.